The Balaban J connectivity index is 1.71. The van der Waals surface area contributed by atoms with E-state index in [9.17, 15) is 0 Å². The summed E-state index contributed by atoms with van der Waals surface area (Å²) in [7, 11) is 0. The van der Waals surface area contributed by atoms with Gasteiger partial charge in [-0.15, -0.1) is 0 Å². The van der Waals surface area contributed by atoms with Crippen LogP contribution in [0, 0.1) is 17.3 Å². The minimum absolute atomic E-state index is 0.481. The molecule has 0 aliphatic heterocycles. The van der Waals surface area contributed by atoms with E-state index in [-0.39, 0.29) is 0 Å². The SMILES string of the molecule is CC(C)(C)C1CCCCC1NCCCC1CC1. The van der Waals surface area contributed by atoms with E-state index in [0.717, 1.165) is 17.9 Å². The van der Waals surface area contributed by atoms with Crippen LogP contribution in [0.15, 0.2) is 0 Å². The van der Waals surface area contributed by atoms with Crippen LogP contribution in [0.25, 0.3) is 0 Å². The van der Waals surface area contributed by atoms with Crippen molar-refractivity contribution >= 4 is 0 Å². The summed E-state index contributed by atoms with van der Waals surface area (Å²) in [5.74, 6) is 1.98. The summed E-state index contributed by atoms with van der Waals surface area (Å²) in [5.41, 5.74) is 0.481. The fourth-order valence-electron chi connectivity index (χ4n) is 3.50. The van der Waals surface area contributed by atoms with E-state index in [1.807, 2.05) is 0 Å². The number of rotatable bonds is 5. The molecule has 1 heteroatoms. The Kier molecular flexibility index (Phi) is 4.52. The summed E-state index contributed by atoms with van der Waals surface area (Å²) in [6, 6.07) is 0.794. The Bertz CT molecular complexity index is 224. The maximum Gasteiger partial charge on any atom is 0.0100 e. The summed E-state index contributed by atoms with van der Waals surface area (Å²) in [6.07, 6.45) is 11.6. The number of hydrogen-bond donors (Lipinski definition) is 1. The van der Waals surface area contributed by atoms with Crippen LogP contribution in [0.2, 0.25) is 0 Å². The van der Waals surface area contributed by atoms with Gasteiger partial charge >= 0.3 is 0 Å². The van der Waals surface area contributed by atoms with E-state index < -0.39 is 0 Å². The molecule has 0 heterocycles. The van der Waals surface area contributed by atoms with Crippen LogP contribution in [0.5, 0.6) is 0 Å². The van der Waals surface area contributed by atoms with Crippen molar-refractivity contribution in [1.82, 2.24) is 5.32 Å². The molecule has 0 radical (unpaired) electrons. The molecule has 1 N–H and O–H groups in total. The molecule has 0 aromatic heterocycles. The molecule has 2 atom stereocenters. The van der Waals surface area contributed by atoms with Gasteiger partial charge in [0.05, 0.1) is 0 Å². The Morgan fingerprint density at radius 2 is 1.71 bits per heavy atom. The largest absolute Gasteiger partial charge is 0.314 e. The first-order valence-corrected chi connectivity index (χ1v) is 7.81. The summed E-state index contributed by atoms with van der Waals surface area (Å²) < 4.78 is 0. The normalized spacial score (nSPS) is 30.5. The highest BCUT2D eigenvalue weighted by atomic mass is 14.9. The van der Waals surface area contributed by atoms with Gasteiger partial charge in [0.1, 0.15) is 0 Å². The van der Waals surface area contributed by atoms with E-state index in [0.29, 0.717) is 5.41 Å². The maximum atomic E-state index is 3.86. The first kappa shape index (κ1) is 13.4. The van der Waals surface area contributed by atoms with E-state index in [2.05, 4.69) is 26.1 Å². The Morgan fingerprint density at radius 3 is 2.35 bits per heavy atom. The summed E-state index contributed by atoms with van der Waals surface area (Å²) >= 11 is 0. The first-order chi connectivity index (χ1) is 8.07. The molecular weight excluding hydrogens is 206 g/mol. The number of hydrogen-bond acceptors (Lipinski definition) is 1. The zero-order valence-electron chi connectivity index (χ0n) is 12.1. The predicted molar refractivity (Wildman–Crippen MR) is 75.2 cm³/mol. The molecule has 2 aliphatic carbocycles. The van der Waals surface area contributed by atoms with Gasteiger partial charge in [-0.25, -0.2) is 0 Å². The molecule has 0 saturated heterocycles. The van der Waals surface area contributed by atoms with Gasteiger partial charge in [0, 0.05) is 6.04 Å². The van der Waals surface area contributed by atoms with Crippen molar-refractivity contribution in [2.24, 2.45) is 17.3 Å². The lowest BCUT2D eigenvalue weighted by Crippen LogP contribution is -2.44. The minimum atomic E-state index is 0.481. The van der Waals surface area contributed by atoms with E-state index in [4.69, 9.17) is 0 Å². The van der Waals surface area contributed by atoms with Gasteiger partial charge in [0.15, 0.2) is 0 Å². The van der Waals surface area contributed by atoms with Gasteiger partial charge in [-0.1, -0.05) is 46.5 Å². The second-order valence-corrected chi connectivity index (χ2v) is 7.40. The fraction of sp³-hybridized carbons (Fsp3) is 1.00. The van der Waals surface area contributed by atoms with Crippen LogP contribution in [0.4, 0.5) is 0 Å². The average Bonchev–Trinajstić information content (AvgIpc) is 3.07. The number of nitrogens with one attached hydrogen (secondary N) is 1. The lowest BCUT2D eigenvalue weighted by Gasteiger charge is -2.41. The molecule has 2 rings (SSSR count). The molecule has 2 unspecified atom stereocenters. The molecule has 0 aromatic carbocycles. The van der Waals surface area contributed by atoms with Crippen LogP contribution in [0.3, 0.4) is 0 Å². The molecule has 2 fully saturated rings. The maximum absolute atomic E-state index is 3.86. The quantitative estimate of drug-likeness (QED) is 0.700. The zero-order chi connectivity index (χ0) is 12.3. The van der Waals surface area contributed by atoms with Crippen molar-refractivity contribution in [1.29, 1.82) is 0 Å². The van der Waals surface area contributed by atoms with Gasteiger partial charge in [-0.2, -0.15) is 0 Å². The van der Waals surface area contributed by atoms with Crippen molar-refractivity contribution in [2.75, 3.05) is 6.54 Å². The van der Waals surface area contributed by atoms with Crippen molar-refractivity contribution in [3.63, 3.8) is 0 Å². The third kappa shape index (κ3) is 4.28. The van der Waals surface area contributed by atoms with Crippen molar-refractivity contribution in [3.05, 3.63) is 0 Å². The lowest BCUT2D eigenvalue weighted by molar-refractivity contribution is 0.131. The second-order valence-electron chi connectivity index (χ2n) is 7.40. The van der Waals surface area contributed by atoms with Crippen molar-refractivity contribution < 1.29 is 0 Å². The molecule has 0 spiro atoms. The van der Waals surface area contributed by atoms with E-state index in [1.54, 1.807) is 0 Å². The molecule has 17 heavy (non-hydrogen) atoms. The molecule has 1 nitrogen and oxygen atoms in total. The fourth-order valence-corrected chi connectivity index (χ4v) is 3.50. The third-order valence-electron chi connectivity index (χ3n) is 4.77. The predicted octanol–water partition coefficient (Wildman–Crippen LogP) is 4.37. The molecule has 0 aromatic rings. The van der Waals surface area contributed by atoms with Gasteiger partial charge in [-0.3, -0.25) is 0 Å². The van der Waals surface area contributed by atoms with Gasteiger partial charge < -0.3 is 5.32 Å². The zero-order valence-corrected chi connectivity index (χ0v) is 12.1. The summed E-state index contributed by atoms with van der Waals surface area (Å²) in [6.45, 7) is 8.51. The van der Waals surface area contributed by atoms with Gasteiger partial charge in [0.2, 0.25) is 0 Å². The molecule has 2 saturated carbocycles. The Morgan fingerprint density at radius 1 is 1.00 bits per heavy atom. The first-order valence-electron chi connectivity index (χ1n) is 7.81. The minimum Gasteiger partial charge on any atom is -0.314 e. The van der Waals surface area contributed by atoms with Gasteiger partial charge in [0.25, 0.3) is 0 Å². The molecule has 100 valence electrons. The van der Waals surface area contributed by atoms with E-state index >= 15 is 0 Å². The highest BCUT2D eigenvalue weighted by Gasteiger charge is 2.33. The van der Waals surface area contributed by atoms with Crippen LogP contribution in [-0.2, 0) is 0 Å². The average molecular weight is 237 g/mol. The molecule has 0 bridgehead atoms. The van der Waals surface area contributed by atoms with Gasteiger partial charge in [-0.05, 0) is 49.5 Å². The monoisotopic (exact) mass is 237 g/mol. The van der Waals surface area contributed by atoms with Crippen molar-refractivity contribution in [3.8, 4) is 0 Å². The lowest BCUT2D eigenvalue weighted by atomic mass is 9.69. The summed E-state index contributed by atoms with van der Waals surface area (Å²) in [5, 5.41) is 3.86. The van der Waals surface area contributed by atoms with Crippen molar-refractivity contribution in [2.45, 2.75) is 78.2 Å². The highest BCUT2D eigenvalue weighted by molar-refractivity contribution is 4.88. The molecule has 2 aliphatic rings. The van der Waals surface area contributed by atoms with E-state index in [1.165, 1.54) is 57.9 Å². The molecule has 0 amide bonds. The second kappa shape index (κ2) is 5.73. The van der Waals surface area contributed by atoms with Crippen LogP contribution in [0.1, 0.15) is 72.1 Å². The van der Waals surface area contributed by atoms with Crippen LogP contribution in [-0.4, -0.2) is 12.6 Å². The molecular formula is C16H31N. The Hall–Kier alpha value is -0.0400. The topological polar surface area (TPSA) is 12.0 Å². The summed E-state index contributed by atoms with van der Waals surface area (Å²) in [4.78, 5) is 0. The standard InChI is InChI=1S/C16H31N/c1-16(2,3)14-8-4-5-9-15(14)17-12-6-7-13-10-11-13/h13-15,17H,4-12H2,1-3H3. The van der Waals surface area contributed by atoms with Crippen LogP contribution < -0.4 is 5.32 Å². The third-order valence-corrected chi connectivity index (χ3v) is 4.77. The highest BCUT2D eigenvalue weighted by Crippen LogP contribution is 2.38. The Labute approximate surface area is 108 Å². The smallest absolute Gasteiger partial charge is 0.0100 e. The van der Waals surface area contributed by atoms with Crippen LogP contribution >= 0.6 is 0 Å².